The highest BCUT2D eigenvalue weighted by molar-refractivity contribution is 5.04. The summed E-state index contributed by atoms with van der Waals surface area (Å²) in [5, 5.41) is 0. The highest BCUT2D eigenvalue weighted by Crippen LogP contribution is 2.58. The Balaban J connectivity index is 2.08. The van der Waals surface area contributed by atoms with Gasteiger partial charge in [0.05, 0.1) is 0 Å². The van der Waals surface area contributed by atoms with E-state index in [1.807, 2.05) is 0 Å². The standard InChI is InChI=1S/C14H24/c1-5-13(3)8-9-14(4,10-11(13)2)12-6-7-12/h5,11-12H,1,6-10H2,2-4H3/t11?,13-,14-/m0/s1. The van der Waals surface area contributed by atoms with Crippen molar-refractivity contribution in [2.45, 2.75) is 52.9 Å². The van der Waals surface area contributed by atoms with E-state index in [-0.39, 0.29) is 0 Å². The van der Waals surface area contributed by atoms with Gasteiger partial charge in [-0.2, -0.15) is 0 Å². The molecule has 2 saturated carbocycles. The molecule has 2 rings (SSSR count). The first-order valence-electron chi connectivity index (χ1n) is 6.14. The first-order chi connectivity index (χ1) is 6.50. The van der Waals surface area contributed by atoms with E-state index < -0.39 is 0 Å². The normalized spacial score (nSPS) is 48.9. The molecule has 14 heavy (non-hydrogen) atoms. The molecule has 0 aromatic rings. The summed E-state index contributed by atoms with van der Waals surface area (Å²) in [4.78, 5) is 0. The maximum atomic E-state index is 4.01. The lowest BCUT2D eigenvalue weighted by molar-refractivity contribution is 0.0586. The van der Waals surface area contributed by atoms with Crippen molar-refractivity contribution < 1.29 is 0 Å². The highest BCUT2D eigenvalue weighted by atomic mass is 14.5. The smallest absolute Gasteiger partial charge is 0.0123 e. The predicted molar refractivity (Wildman–Crippen MR) is 62.2 cm³/mol. The number of rotatable bonds is 2. The van der Waals surface area contributed by atoms with Crippen molar-refractivity contribution in [1.82, 2.24) is 0 Å². The molecule has 0 radical (unpaired) electrons. The Morgan fingerprint density at radius 2 is 1.86 bits per heavy atom. The van der Waals surface area contributed by atoms with Crippen LogP contribution in [0.15, 0.2) is 12.7 Å². The van der Waals surface area contributed by atoms with Gasteiger partial charge in [0.15, 0.2) is 0 Å². The van der Waals surface area contributed by atoms with Crippen molar-refractivity contribution in [2.24, 2.45) is 22.7 Å². The largest absolute Gasteiger partial charge is 0.103 e. The zero-order valence-corrected chi connectivity index (χ0v) is 9.97. The third-order valence-electron chi connectivity index (χ3n) is 5.16. The van der Waals surface area contributed by atoms with Crippen LogP contribution >= 0.6 is 0 Å². The average Bonchev–Trinajstić information content (AvgIpc) is 2.95. The van der Waals surface area contributed by atoms with Gasteiger partial charge in [0.2, 0.25) is 0 Å². The molecule has 0 aromatic heterocycles. The molecule has 2 aliphatic carbocycles. The molecule has 3 atom stereocenters. The highest BCUT2D eigenvalue weighted by Gasteiger charge is 2.48. The van der Waals surface area contributed by atoms with E-state index in [1.54, 1.807) is 0 Å². The molecule has 0 N–H and O–H groups in total. The van der Waals surface area contributed by atoms with Crippen LogP contribution in [0.5, 0.6) is 0 Å². The van der Waals surface area contributed by atoms with Crippen LogP contribution in [0.25, 0.3) is 0 Å². The van der Waals surface area contributed by atoms with E-state index in [2.05, 4.69) is 33.4 Å². The SMILES string of the molecule is C=C[C@@]1(C)CC[C@](C)(C2CC2)CC1C. The van der Waals surface area contributed by atoms with E-state index in [0.717, 1.165) is 11.8 Å². The Morgan fingerprint density at radius 3 is 2.29 bits per heavy atom. The van der Waals surface area contributed by atoms with Gasteiger partial charge in [-0.1, -0.05) is 26.8 Å². The fourth-order valence-electron chi connectivity index (χ4n) is 3.29. The maximum absolute atomic E-state index is 4.01. The average molecular weight is 192 g/mol. The Morgan fingerprint density at radius 1 is 1.21 bits per heavy atom. The first-order valence-corrected chi connectivity index (χ1v) is 6.14. The van der Waals surface area contributed by atoms with E-state index in [0.29, 0.717) is 10.8 Å². The van der Waals surface area contributed by atoms with Gasteiger partial charge in [0.25, 0.3) is 0 Å². The molecule has 0 bridgehead atoms. The van der Waals surface area contributed by atoms with Crippen LogP contribution in [0.4, 0.5) is 0 Å². The minimum absolute atomic E-state index is 0.411. The second kappa shape index (κ2) is 3.12. The van der Waals surface area contributed by atoms with Gasteiger partial charge in [0.1, 0.15) is 0 Å². The van der Waals surface area contributed by atoms with Crippen LogP contribution in [0.1, 0.15) is 52.9 Å². The fourth-order valence-corrected chi connectivity index (χ4v) is 3.29. The van der Waals surface area contributed by atoms with Gasteiger partial charge in [0, 0.05) is 0 Å². The molecule has 0 amide bonds. The molecule has 2 fully saturated rings. The number of hydrogen-bond donors (Lipinski definition) is 0. The Labute approximate surface area is 88.8 Å². The molecule has 0 heteroatoms. The van der Waals surface area contributed by atoms with E-state index >= 15 is 0 Å². The minimum atomic E-state index is 0.411. The van der Waals surface area contributed by atoms with E-state index in [9.17, 15) is 0 Å². The Kier molecular flexibility index (Phi) is 2.28. The predicted octanol–water partition coefficient (Wildman–Crippen LogP) is 4.42. The van der Waals surface area contributed by atoms with Gasteiger partial charge in [-0.05, 0) is 54.8 Å². The molecule has 0 nitrogen and oxygen atoms in total. The number of hydrogen-bond acceptors (Lipinski definition) is 0. The number of allylic oxidation sites excluding steroid dienone is 1. The van der Waals surface area contributed by atoms with Gasteiger partial charge < -0.3 is 0 Å². The molecular weight excluding hydrogens is 168 g/mol. The van der Waals surface area contributed by atoms with E-state index in [4.69, 9.17) is 0 Å². The Hall–Kier alpha value is -0.260. The summed E-state index contributed by atoms with van der Waals surface area (Å²) < 4.78 is 0. The van der Waals surface area contributed by atoms with Gasteiger partial charge in [-0.15, -0.1) is 6.58 Å². The van der Waals surface area contributed by atoms with Gasteiger partial charge >= 0.3 is 0 Å². The summed E-state index contributed by atoms with van der Waals surface area (Å²) in [7, 11) is 0. The van der Waals surface area contributed by atoms with Crippen molar-refractivity contribution >= 4 is 0 Å². The van der Waals surface area contributed by atoms with Crippen LogP contribution in [-0.4, -0.2) is 0 Å². The van der Waals surface area contributed by atoms with Crippen LogP contribution in [0.3, 0.4) is 0 Å². The molecule has 0 aliphatic heterocycles. The van der Waals surface area contributed by atoms with Crippen LogP contribution < -0.4 is 0 Å². The van der Waals surface area contributed by atoms with Crippen molar-refractivity contribution in [3.63, 3.8) is 0 Å². The van der Waals surface area contributed by atoms with Crippen LogP contribution in [0, 0.1) is 22.7 Å². The molecule has 0 aromatic carbocycles. The third-order valence-corrected chi connectivity index (χ3v) is 5.16. The molecule has 1 unspecified atom stereocenters. The molecule has 0 saturated heterocycles. The van der Waals surface area contributed by atoms with Gasteiger partial charge in [-0.3, -0.25) is 0 Å². The quantitative estimate of drug-likeness (QED) is 0.568. The topological polar surface area (TPSA) is 0 Å². The first kappa shape index (κ1) is 10.3. The summed E-state index contributed by atoms with van der Waals surface area (Å²) >= 11 is 0. The van der Waals surface area contributed by atoms with Gasteiger partial charge in [-0.25, -0.2) is 0 Å². The lowest BCUT2D eigenvalue weighted by Gasteiger charge is -2.47. The van der Waals surface area contributed by atoms with Crippen molar-refractivity contribution in [2.75, 3.05) is 0 Å². The summed E-state index contributed by atoms with van der Waals surface area (Å²) in [6.45, 7) is 11.3. The molecule has 0 heterocycles. The summed E-state index contributed by atoms with van der Waals surface area (Å²) in [5.41, 5.74) is 1.08. The zero-order chi connectivity index (χ0) is 10.4. The second-order valence-corrected chi connectivity index (χ2v) is 6.24. The summed E-state index contributed by atoms with van der Waals surface area (Å²) in [6, 6.07) is 0. The molecule has 80 valence electrons. The monoisotopic (exact) mass is 192 g/mol. The zero-order valence-electron chi connectivity index (χ0n) is 9.97. The summed E-state index contributed by atoms with van der Waals surface area (Å²) in [6.07, 6.45) is 9.38. The van der Waals surface area contributed by atoms with E-state index in [1.165, 1.54) is 32.1 Å². The molecular formula is C14H24. The lowest BCUT2D eigenvalue weighted by atomic mass is 9.58. The van der Waals surface area contributed by atoms with Crippen LogP contribution in [0.2, 0.25) is 0 Å². The fraction of sp³-hybridized carbons (Fsp3) is 0.857. The van der Waals surface area contributed by atoms with Crippen LogP contribution in [-0.2, 0) is 0 Å². The lowest BCUT2D eigenvalue weighted by Crippen LogP contribution is -2.37. The second-order valence-electron chi connectivity index (χ2n) is 6.24. The molecule has 0 spiro atoms. The van der Waals surface area contributed by atoms with Crippen molar-refractivity contribution in [1.29, 1.82) is 0 Å². The van der Waals surface area contributed by atoms with Crippen molar-refractivity contribution in [3.05, 3.63) is 12.7 Å². The Bertz CT molecular complexity index is 238. The third kappa shape index (κ3) is 1.53. The summed E-state index contributed by atoms with van der Waals surface area (Å²) in [5.74, 6) is 1.87. The minimum Gasteiger partial charge on any atom is -0.103 e. The molecule has 2 aliphatic rings. The van der Waals surface area contributed by atoms with Crippen molar-refractivity contribution in [3.8, 4) is 0 Å². The maximum Gasteiger partial charge on any atom is -0.0123 e.